The van der Waals surface area contributed by atoms with E-state index in [1.54, 1.807) is 51.1 Å². The number of hydrogen-bond donors (Lipinski definition) is 3. The van der Waals surface area contributed by atoms with Gasteiger partial charge in [0.2, 0.25) is 5.79 Å². The summed E-state index contributed by atoms with van der Waals surface area (Å²) in [6.07, 6.45) is 3.64. The van der Waals surface area contributed by atoms with E-state index in [1.807, 2.05) is 19.9 Å². The van der Waals surface area contributed by atoms with Gasteiger partial charge in [0.1, 0.15) is 29.8 Å². The molecule has 3 aliphatic rings. The van der Waals surface area contributed by atoms with Gasteiger partial charge in [-0.2, -0.15) is 0 Å². The lowest BCUT2D eigenvalue weighted by atomic mass is 9.82. The van der Waals surface area contributed by atoms with Crippen LogP contribution in [0.25, 0.3) is 6.08 Å². The van der Waals surface area contributed by atoms with Crippen LogP contribution in [0.1, 0.15) is 91.5 Å². The van der Waals surface area contributed by atoms with Gasteiger partial charge in [0.25, 0.3) is 11.7 Å². The molecule has 304 valence electrons. The number of rotatable bonds is 6. The van der Waals surface area contributed by atoms with Crippen LogP contribution in [0, 0.1) is 23.7 Å². The Kier molecular flexibility index (Phi) is 15.6. The first-order chi connectivity index (χ1) is 26.0. The van der Waals surface area contributed by atoms with Gasteiger partial charge >= 0.3 is 5.97 Å². The zero-order chi connectivity index (χ0) is 40.6. The van der Waals surface area contributed by atoms with Crippen LogP contribution < -0.4 is 0 Å². The number of Topliss-reactive ketones (excluding diaryl/α,β-unsaturated/α-hetero) is 2. The number of hydrogen-bond acceptors (Lipinski definition) is 11. The van der Waals surface area contributed by atoms with Gasteiger partial charge in [-0.1, -0.05) is 56.7 Å². The quantitative estimate of drug-likeness (QED) is 0.195. The molecule has 1 amide bonds. The minimum atomic E-state index is -2.52. The number of aliphatic hydroxyl groups is 2. The normalized spacial score (nSPS) is 36.2. The second kappa shape index (κ2) is 19.5. The Hall–Kier alpha value is -3.68. The number of amides is 1. The Morgan fingerprint density at radius 3 is 2.40 bits per heavy atom. The number of phenols is 1. The lowest BCUT2D eigenvalue weighted by Gasteiger charge is -2.47. The van der Waals surface area contributed by atoms with Crippen molar-refractivity contribution in [3.63, 3.8) is 0 Å². The second-order valence-corrected chi connectivity index (χ2v) is 15.9. The van der Waals surface area contributed by atoms with Crippen molar-refractivity contribution in [1.29, 1.82) is 0 Å². The maximum absolute atomic E-state index is 14.2. The third-order valence-corrected chi connectivity index (χ3v) is 11.5. The van der Waals surface area contributed by atoms with Crippen LogP contribution in [0.3, 0.4) is 0 Å². The average molecular weight is 768 g/mol. The Labute approximate surface area is 325 Å². The molecule has 0 saturated carbocycles. The van der Waals surface area contributed by atoms with Crippen molar-refractivity contribution in [2.24, 2.45) is 23.7 Å². The lowest BCUT2D eigenvalue weighted by Crippen LogP contribution is -2.64. The summed E-state index contributed by atoms with van der Waals surface area (Å²) in [6, 6.07) is 5.34. The standard InChI is InChI=1S/C43H61NO11/c1-9-13-31-19-25(2)18-26(3)20-36(52-7)39-37(53-8)22-28(5)43(51,55-39)40(48)41(49)44-17-11-10-16-33(44)42(50)54-38(29(6)34(46)24-35(31)47)27(4)21-30-14-12-15-32(45)23-30/h9,12,14-15,19,21,23,26,28-29,31,33-34,36-39,45-46,51H,1,10-11,13,16-18,20,22,24H2,2-8H3/b25-19+,27-21+/t26-,28+,29+,31+,33-,34-,36-,37-,38-,39+,43+/m0/s1. The molecule has 1 aromatic rings. The lowest BCUT2D eigenvalue weighted by molar-refractivity contribution is -0.302. The van der Waals surface area contributed by atoms with Crippen LogP contribution >= 0.6 is 0 Å². The fourth-order valence-electron chi connectivity index (χ4n) is 8.37. The molecule has 12 heteroatoms. The number of aromatic hydroxyl groups is 1. The number of nitrogens with zero attached hydrogens (tertiary/aromatic N) is 1. The fourth-order valence-corrected chi connectivity index (χ4v) is 8.37. The summed E-state index contributed by atoms with van der Waals surface area (Å²) in [5, 5.41) is 33.7. The zero-order valence-corrected chi connectivity index (χ0v) is 33.4. The van der Waals surface area contributed by atoms with Crippen molar-refractivity contribution in [3.8, 4) is 5.75 Å². The molecule has 2 saturated heterocycles. The topological polar surface area (TPSA) is 169 Å². The number of ether oxygens (including phenoxy) is 4. The number of aliphatic hydroxyl groups excluding tert-OH is 1. The number of fused-ring (bicyclic) bond motifs is 3. The highest BCUT2D eigenvalue weighted by molar-refractivity contribution is 6.39. The van der Waals surface area contributed by atoms with Gasteiger partial charge in [-0.05, 0) is 88.0 Å². The minimum absolute atomic E-state index is 0.00519. The van der Waals surface area contributed by atoms with Crippen LogP contribution in [-0.2, 0) is 38.1 Å². The number of esters is 1. The van der Waals surface area contributed by atoms with Gasteiger partial charge in [0.05, 0.1) is 18.3 Å². The summed E-state index contributed by atoms with van der Waals surface area (Å²) in [5.74, 6) is -7.86. The zero-order valence-electron chi connectivity index (χ0n) is 33.4. The van der Waals surface area contributed by atoms with Crippen molar-refractivity contribution in [3.05, 3.63) is 59.7 Å². The van der Waals surface area contributed by atoms with Crippen molar-refractivity contribution < 1.29 is 53.4 Å². The molecular formula is C43H61NO11. The minimum Gasteiger partial charge on any atom is -0.508 e. The van der Waals surface area contributed by atoms with Crippen LogP contribution in [0.4, 0.5) is 0 Å². The largest absolute Gasteiger partial charge is 0.508 e. The van der Waals surface area contributed by atoms with Crippen LogP contribution in [0.15, 0.2) is 54.1 Å². The molecule has 0 unspecified atom stereocenters. The molecule has 3 aliphatic heterocycles. The number of cyclic esters (lactones) is 1. The van der Waals surface area contributed by atoms with E-state index in [0.29, 0.717) is 43.2 Å². The van der Waals surface area contributed by atoms with E-state index in [9.17, 15) is 34.5 Å². The molecule has 4 rings (SSSR count). The summed E-state index contributed by atoms with van der Waals surface area (Å²) in [5.41, 5.74) is 2.09. The number of piperidine rings is 1. The number of ketones is 2. The van der Waals surface area contributed by atoms with E-state index in [1.165, 1.54) is 20.3 Å². The van der Waals surface area contributed by atoms with E-state index in [4.69, 9.17) is 18.9 Å². The predicted octanol–water partition coefficient (Wildman–Crippen LogP) is 5.33. The highest BCUT2D eigenvalue weighted by atomic mass is 16.7. The smallest absolute Gasteiger partial charge is 0.329 e. The Morgan fingerprint density at radius 2 is 1.75 bits per heavy atom. The summed E-state index contributed by atoms with van der Waals surface area (Å²) >= 11 is 0. The number of allylic oxidation sites excluding steroid dienone is 3. The molecule has 55 heavy (non-hydrogen) atoms. The highest BCUT2D eigenvalue weighted by Crippen LogP contribution is 2.39. The molecule has 0 aliphatic carbocycles. The third-order valence-electron chi connectivity index (χ3n) is 11.5. The van der Waals surface area contributed by atoms with Gasteiger partial charge in [-0.15, -0.1) is 6.58 Å². The van der Waals surface area contributed by atoms with E-state index in [0.717, 1.165) is 10.5 Å². The number of phenolic OH excluding ortho intramolecular Hbond substituents is 1. The van der Waals surface area contributed by atoms with E-state index in [2.05, 4.69) is 6.58 Å². The molecule has 2 fully saturated rings. The number of benzene rings is 1. The molecule has 3 N–H and O–H groups in total. The van der Waals surface area contributed by atoms with Crippen molar-refractivity contribution in [1.82, 2.24) is 4.90 Å². The maximum Gasteiger partial charge on any atom is 0.329 e. The second-order valence-electron chi connectivity index (χ2n) is 15.9. The van der Waals surface area contributed by atoms with Crippen molar-refractivity contribution in [2.45, 2.75) is 128 Å². The Morgan fingerprint density at radius 1 is 1.05 bits per heavy atom. The Bertz CT molecular complexity index is 1600. The number of carbonyl (C=O) groups excluding carboxylic acids is 4. The van der Waals surface area contributed by atoms with Gasteiger partial charge in [-0.3, -0.25) is 14.4 Å². The first-order valence-corrected chi connectivity index (χ1v) is 19.5. The molecule has 12 nitrogen and oxygen atoms in total. The third kappa shape index (κ3) is 10.6. The molecule has 0 spiro atoms. The van der Waals surface area contributed by atoms with Crippen LogP contribution in [0.5, 0.6) is 5.75 Å². The fraction of sp³-hybridized carbons (Fsp3) is 0.628. The summed E-state index contributed by atoms with van der Waals surface area (Å²) in [6.45, 7) is 12.9. The first kappa shape index (κ1) is 44.0. The van der Waals surface area contributed by atoms with Crippen LogP contribution in [0.2, 0.25) is 0 Å². The molecule has 11 atom stereocenters. The molecular weight excluding hydrogens is 706 g/mol. The molecule has 3 heterocycles. The SMILES string of the molecule is C=CC[C@@H]1/C=C(\C)C[C@H](C)C[C@H](OC)[C@H]2O[C@@](O)(C(=O)C(=O)N3CCCC[C@H]3C(=O)O[C@@H](/C(C)=C/c3cccc(O)c3)[C@H](C)[C@@H](O)CC1=O)[C@H](C)C[C@@H]2OC. The predicted molar refractivity (Wildman–Crippen MR) is 206 cm³/mol. The van der Waals surface area contributed by atoms with Gasteiger partial charge in [0, 0.05) is 44.9 Å². The van der Waals surface area contributed by atoms with Crippen LogP contribution in [-0.4, -0.2) is 107 Å². The molecule has 0 aromatic heterocycles. The van der Waals surface area contributed by atoms with Crippen molar-refractivity contribution >= 4 is 29.5 Å². The average Bonchev–Trinajstić information content (AvgIpc) is 3.15. The number of carbonyl (C=O) groups is 4. The maximum atomic E-state index is 14.2. The van der Waals surface area contributed by atoms with E-state index < -0.39 is 77.8 Å². The van der Waals surface area contributed by atoms with Gasteiger partial charge in [-0.25, -0.2) is 4.79 Å². The van der Waals surface area contributed by atoms with Crippen molar-refractivity contribution in [2.75, 3.05) is 20.8 Å². The van der Waals surface area contributed by atoms with E-state index >= 15 is 0 Å². The first-order valence-electron chi connectivity index (χ1n) is 19.5. The van der Waals surface area contributed by atoms with Gasteiger partial charge in [0.15, 0.2) is 0 Å². The Balaban J connectivity index is 1.80. The molecule has 0 radical (unpaired) electrons. The summed E-state index contributed by atoms with van der Waals surface area (Å²) < 4.78 is 24.1. The highest BCUT2D eigenvalue weighted by Gasteiger charge is 2.56. The summed E-state index contributed by atoms with van der Waals surface area (Å²) in [7, 11) is 3.04. The van der Waals surface area contributed by atoms with Gasteiger partial charge < -0.3 is 39.2 Å². The molecule has 1 aromatic carbocycles. The monoisotopic (exact) mass is 767 g/mol. The van der Waals surface area contributed by atoms with E-state index in [-0.39, 0.29) is 43.3 Å². The number of methoxy groups -OCH3 is 2. The molecule has 2 bridgehead atoms. The summed E-state index contributed by atoms with van der Waals surface area (Å²) in [4.78, 5) is 57.5.